The third kappa shape index (κ3) is 4.71. The SMILES string of the molecule is CN1CCN(c2nc(N)nc3cc(C(=O)NCCc4ccc(Br)cc4)ccc23)CC1. The molecule has 3 N–H and O–H groups in total. The normalized spacial score (nSPS) is 14.8. The topological polar surface area (TPSA) is 87.4 Å². The van der Waals surface area contributed by atoms with Crippen LogP contribution in [0.1, 0.15) is 15.9 Å². The molecular formula is C22H25BrN6O. The van der Waals surface area contributed by atoms with Crippen LogP contribution < -0.4 is 16.0 Å². The summed E-state index contributed by atoms with van der Waals surface area (Å²) in [7, 11) is 2.12. The van der Waals surface area contributed by atoms with Gasteiger partial charge in [-0.1, -0.05) is 28.1 Å². The molecule has 1 aliphatic heterocycles. The van der Waals surface area contributed by atoms with Crippen LogP contribution in [0.4, 0.5) is 11.8 Å². The van der Waals surface area contributed by atoms with E-state index in [0.29, 0.717) is 17.6 Å². The third-order valence-electron chi connectivity index (χ3n) is 5.37. The van der Waals surface area contributed by atoms with Crippen LogP contribution >= 0.6 is 15.9 Å². The molecule has 0 spiro atoms. The number of nitrogens with zero attached hydrogens (tertiary/aromatic N) is 4. The molecular weight excluding hydrogens is 444 g/mol. The van der Waals surface area contributed by atoms with Gasteiger partial charge in [-0.05, 0) is 49.4 Å². The number of rotatable bonds is 5. The molecule has 30 heavy (non-hydrogen) atoms. The van der Waals surface area contributed by atoms with Crippen molar-refractivity contribution in [3.8, 4) is 0 Å². The number of anilines is 2. The zero-order valence-electron chi connectivity index (χ0n) is 16.9. The number of aromatic nitrogens is 2. The monoisotopic (exact) mass is 468 g/mol. The number of likely N-dealkylation sites (N-methyl/N-ethyl adjacent to an activating group) is 1. The maximum Gasteiger partial charge on any atom is 0.251 e. The number of hydrogen-bond acceptors (Lipinski definition) is 6. The Labute approximate surface area is 184 Å². The molecule has 0 saturated carbocycles. The van der Waals surface area contributed by atoms with Gasteiger partial charge in [0.05, 0.1) is 5.52 Å². The zero-order chi connectivity index (χ0) is 21.1. The Hall–Kier alpha value is -2.71. The Morgan fingerprint density at radius 1 is 1.10 bits per heavy atom. The number of nitrogens with two attached hydrogens (primary N) is 1. The first-order chi connectivity index (χ1) is 14.5. The molecule has 8 heteroatoms. The number of carbonyl (C=O) groups excluding carboxylic acids is 1. The second-order valence-electron chi connectivity index (χ2n) is 7.56. The van der Waals surface area contributed by atoms with Crippen molar-refractivity contribution in [3.63, 3.8) is 0 Å². The highest BCUT2D eigenvalue weighted by molar-refractivity contribution is 9.10. The van der Waals surface area contributed by atoms with Crippen molar-refractivity contribution in [1.29, 1.82) is 0 Å². The zero-order valence-corrected chi connectivity index (χ0v) is 18.5. The van der Waals surface area contributed by atoms with Crippen LogP contribution in [0.15, 0.2) is 46.9 Å². The minimum Gasteiger partial charge on any atom is -0.368 e. The maximum absolute atomic E-state index is 12.6. The molecule has 0 bridgehead atoms. The lowest BCUT2D eigenvalue weighted by molar-refractivity contribution is 0.0954. The van der Waals surface area contributed by atoms with Crippen molar-refractivity contribution in [2.75, 3.05) is 50.4 Å². The Morgan fingerprint density at radius 2 is 1.83 bits per heavy atom. The fourth-order valence-electron chi connectivity index (χ4n) is 3.60. The fraction of sp³-hybridized carbons (Fsp3) is 0.318. The lowest BCUT2D eigenvalue weighted by Gasteiger charge is -2.33. The van der Waals surface area contributed by atoms with E-state index in [1.54, 1.807) is 6.07 Å². The third-order valence-corrected chi connectivity index (χ3v) is 5.90. The second-order valence-corrected chi connectivity index (χ2v) is 8.48. The molecule has 1 aliphatic rings. The van der Waals surface area contributed by atoms with Gasteiger partial charge in [-0.2, -0.15) is 4.98 Å². The first-order valence-corrected chi connectivity index (χ1v) is 10.8. The Balaban J connectivity index is 1.48. The summed E-state index contributed by atoms with van der Waals surface area (Å²) < 4.78 is 1.05. The number of piperazine rings is 1. The van der Waals surface area contributed by atoms with E-state index in [0.717, 1.165) is 48.3 Å². The summed E-state index contributed by atoms with van der Waals surface area (Å²) in [4.78, 5) is 26.0. The summed E-state index contributed by atoms with van der Waals surface area (Å²) in [5.41, 5.74) is 8.41. The number of carbonyl (C=O) groups is 1. The highest BCUT2D eigenvalue weighted by Gasteiger charge is 2.19. The van der Waals surface area contributed by atoms with Gasteiger partial charge in [-0.15, -0.1) is 0 Å². The highest BCUT2D eigenvalue weighted by atomic mass is 79.9. The summed E-state index contributed by atoms with van der Waals surface area (Å²) in [5.74, 6) is 0.948. The van der Waals surface area contributed by atoms with Crippen molar-refractivity contribution in [2.45, 2.75) is 6.42 Å². The number of nitrogen functional groups attached to an aromatic ring is 1. The molecule has 1 amide bonds. The van der Waals surface area contributed by atoms with E-state index in [1.807, 2.05) is 36.4 Å². The van der Waals surface area contributed by atoms with Crippen molar-refractivity contribution in [1.82, 2.24) is 20.2 Å². The van der Waals surface area contributed by atoms with Gasteiger partial charge in [-0.25, -0.2) is 4.98 Å². The number of halogens is 1. The Morgan fingerprint density at radius 3 is 2.57 bits per heavy atom. The van der Waals surface area contributed by atoms with Crippen LogP contribution in [0.3, 0.4) is 0 Å². The summed E-state index contributed by atoms with van der Waals surface area (Å²) in [6.07, 6.45) is 0.773. The number of benzene rings is 2. The largest absolute Gasteiger partial charge is 0.368 e. The van der Waals surface area contributed by atoms with Gasteiger partial charge in [0, 0.05) is 48.1 Å². The molecule has 156 valence electrons. The minimum atomic E-state index is -0.118. The number of nitrogens with one attached hydrogen (secondary N) is 1. The summed E-state index contributed by atoms with van der Waals surface area (Å²) in [5, 5.41) is 3.90. The molecule has 0 atom stereocenters. The van der Waals surface area contributed by atoms with Crippen LogP contribution in [0.25, 0.3) is 10.9 Å². The van der Waals surface area contributed by atoms with Gasteiger partial charge < -0.3 is 20.9 Å². The quantitative estimate of drug-likeness (QED) is 0.598. The first kappa shape index (κ1) is 20.6. The molecule has 3 aromatic rings. The van der Waals surface area contributed by atoms with E-state index in [4.69, 9.17) is 5.73 Å². The predicted molar refractivity (Wildman–Crippen MR) is 124 cm³/mol. The average Bonchev–Trinajstić information content (AvgIpc) is 2.74. The van der Waals surface area contributed by atoms with E-state index in [1.165, 1.54) is 5.56 Å². The summed E-state index contributed by atoms with van der Waals surface area (Å²) in [6.45, 7) is 4.30. The number of hydrogen-bond donors (Lipinski definition) is 2. The van der Waals surface area contributed by atoms with E-state index >= 15 is 0 Å². The van der Waals surface area contributed by atoms with Crippen LogP contribution in [-0.4, -0.2) is 60.5 Å². The van der Waals surface area contributed by atoms with Crippen molar-refractivity contribution < 1.29 is 4.79 Å². The molecule has 2 aromatic carbocycles. The van der Waals surface area contributed by atoms with Crippen LogP contribution in [-0.2, 0) is 6.42 Å². The molecule has 7 nitrogen and oxygen atoms in total. The van der Waals surface area contributed by atoms with Crippen molar-refractivity contribution >= 4 is 44.5 Å². The molecule has 1 fully saturated rings. The van der Waals surface area contributed by atoms with Crippen molar-refractivity contribution in [2.24, 2.45) is 0 Å². The van der Waals surface area contributed by atoms with Crippen LogP contribution in [0.5, 0.6) is 0 Å². The van der Waals surface area contributed by atoms with Gasteiger partial charge in [0.15, 0.2) is 0 Å². The fourth-order valence-corrected chi connectivity index (χ4v) is 3.87. The summed E-state index contributed by atoms with van der Waals surface area (Å²) in [6, 6.07) is 13.6. The van der Waals surface area contributed by atoms with Crippen molar-refractivity contribution in [3.05, 3.63) is 58.1 Å². The Bertz CT molecular complexity index is 1050. The predicted octanol–water partition coefficient (Wildman–Crippen LogP) is 2.70. The van der Waals surface area contributed by atoms with Crippen LogP contribution in [0, 0.1) is 0 Å². The summed E-state index contributed by atoms with van der Waals surface area (Å²) >= 11 is 3.43. The molecule has 0 unspecified atom stereocenters. The molecule has 2 heterocycles. The smallest absolute Gasteiger partial charge is 0.251 e. The van der Waals surface area contributed by atoms with E-state index < -0.39 is 0 Å². The molecule has 4 rings (SSSR count). The molecule has 0 radical (unpaired) electrons. The Kier molecular flexibility index (Phi) is 6.15. The lowest BCUT2D eigenvalue weighted by atomic mass is 10.1. The molecule has 0 aliphatic carbocycles. The number of amides is 1. The van der Waals surface area contributed by atoms with Gasteiger partial charge in [-0.3, -0.25) is 4.79 Å². The second kappa shape index (κ2) is 8.97. The highest BCUT2D eigenvalue weighted by Crippen LogP contribution is 2.26. The standard InChI is InChI=1S/C22H25BrN6O/c1-28-10-12-29(13-11-28)20-18-7-4-16(14-19(18)26-22(24)27-20)21(30)25-9-8-15-2-5-17(23)6-3-15/h2-7,14H,8-13H2,1H3,(H,25,30)(H2,24,26,27). The molecule has 1 aromatic heterocycles. The minimum absolute atomic E-state index is 0.118. The van der Waals surface area contributed by atoms with E-state index in [9.17, 15) is 4.79 Å². The van der Waals surface area contributed by atoms with E-state index in [2.05, 4.69) is 48.1 Å². The molecule has 1 saturated heterocycles. The maximum atomic E-state index is 12.6. The van der Waals surface area contributed by atoms with Gasteiger partial charge in [0.1, 0.15) is 5.82 Å². The van der Waals surface area contributed by atoms with Gasteiger partial charge >= 0.3 is 0 Å². The van der Waals surface area contributed by atoms with Crippen LogP contribution in [0.2, 0.25) is 0 Å². The van der Waals surface area contributed by atoms with Gasteiger partial charge in [0.25, 0.3) is 5.91 Å². The van der Waals surface area contributed by atoms with E-state index in [-0.39, 0.29) is 11.9 Å². The number of fused-ring (bicyclic) bond motifs is 1. The average molecular weight is 469 g/mol. The van der Waals surface area contributed by atoms with Gasteiger partial charge in [0.2, 0.25) is 5.95 Å². The first-order valence-electron chi connectivity index (χ1n) is 10.0. The lowest BCUT2D eigenvalue weighted by Crippen LogP contribution is -2.45.